The Kier molecular flexibility index (Phi) is 6.56. The van der Waals surface area contributed by atoms with Gasteiger partial charge < -0.3 is 5.32 Å². The van der Waals surface area contributed by atoms with E-state index in [0.717, 1.165) is 36.1 Å². The molecule has 8 atom stereocenters. The van der Waals surface area contributed by atoms with Crippen molar-refractivity contribution in [2.45, 2.75) is 91.4 Å². The van der Waals surface area contributed by atoms with E-state index in [1.54, 1.807) is 24.3 Å². The van der Waals surface area contributed by atoms with E-state index in [9.17, 15) is 4.79 Å². The minimum Gasteiger partial charge on any atom is -0.352 e. The lowest BCUT2D eigenvalue weighted by atomic mass is 9.42. The van der Waals surface area contributed by atoms with Crippen LogP contribution in [0, 0.1) is 57.7 Å². The normalized spacial score (nSPS) is 41.4. The Bertz CT molecular complexity index is 932. The molecule has 184 valence electrons. The molecule has 34 heavy (non-hydrogen) atoms. The van der Waals surface area contributed by atoms with E-state index in [4.69, 9.17) is 5.26 Å². The molecule has 1 aromatic carbocycles. The molecule has 2 unspecified atom stereocenters. The number of nitrogens with one attached hydrogen (secondary N) is 1. The fraction of sp³-hybridized carbons (Fsp3) is 0.742. The number of hydrogen-bond donors (Lipinski definition) is 1. The number of carbonyl (C=O) groups is 1. The van der Waals surface area contributed by atoms with Crippen molar-refractivity contribution in [2.75, 3.05) is 6.54 Å². The van der Waals surface area contributed by atoms with E-state index in [-0.39, 0.29) is 5.91 Å². The molecular formula is C31H44N2O. The van der Waals surface area contributed by atoms with E-state index in [1.807, 2.05) is 0 Å². The van der Waals surface area contributed by atoms with Gasteiger partial charge in [-0.1, -0.05) is 33.6 Å². The number of carbonyl (C=O) groups excluding carboxylic acids is 1. The second kappa shape index (κ2) is 9.33. The molecule has 4 aliphatic rings. The van der Waals surface area contributed by atoms with Gasteiger partial charge in [0, 0.05) is 12.1 Å². The summed E-state index contributed by atoms with van der Waals surface area (Å²) in [7, 11) is 0. The van der Waals surface area contributed by atoms with Crippen LogP contribution in [-0.2, 0) is 0 Å². The molecule has 5 rings (SSSR count). The SMILES string of the molecule is CC[C@]12CCC3[C@@H](CC[C@]4(C)C[C@@H](C)CC[C@H]34)C1CCC[C@@H]2CNC(=O)c1ccc(C#N)cc1. The van der Waals surface area contributed by atoms with Crippen LogP contribution in [0.3, 0.4) is 0 Å². The standard InChI is InChI=1S/C31H44N2O/c1-4-31-17-15-25-26(14-16-30(3)18-21(2)8-13-27(25)30)28(31)7-5-6-24(31)20-33-29(34)23-11-9-22(19-32)10-12-23/h9-12,21,24-28H,4-8,13-18,20H2,1-3H3,(H,33,34)/t21-,24+,25?,26+,27+,28?,30+,31+/m0/s1. The molecule has 1 amide bonds. The summed E-state index contributed by atoms with van der Waals surface area (Å²) < 4.78 is 0. The van der Waals surface area contributed by atoms with E-state index in [0.29, 0.717) is 27.9 Å². The van der Waals surface area contributed by atoms with Crippen LogP contribution in [0.15, 0.2) is 24.3 Å². The van der Waals surface area contributed by atoms with Crippen molar-refractivity contribution < 1.29 is 4.79 Å². The molecule has 4 aliphatic carbocycles. The maximum Gasteiger partial charge on any atom is 0.251 e. The average Bonchev–Trinajstić information content (AvgIpc) is 2.86. The molecule has 4 saturated carbocycles. The van der Waals surface area contributed by atoms with Crippen LogP contribution in [0.2, 0.25) is 0 Å². The summed E-state index contributed by atoms with van der Waals surface area (Å²) >= 11 is 0. The van der Waals surface area contributed by atoms with E-state index < -0.39 is 0 Å². The van der Waals surface area contributed by atoms with Crippen molar-refractivity contribution in [3.8, 4) is 6.07 Å². The van der Waals surface area contributed by atoms with Crippen LogP contribution in [0.1, 0.15) is 107 Å². The Morgan fingerprint density at radius 3 is 2.50 bits per heavy atom. The lowest BCUT2D eigenvalue weighted by Crippen LogP contribution is -2.57. The van der Waals surface area contributed by atoms with Crippen LogP contribution in [-0.4, -0.2) is 12.5 Å². The number of nitriles is 1. The third-order valence-corrected chi connectivity index (χ3v) is 11.3. The van der Waals surface area contributed by atoms with E-state index in [1.165, 1.54) is 70.6 Å². The van der Waals surface area contributed by atoms with Gasteiger partial charge in [0.15, 0.2) is 0 Å². The molecule has 0 heterocycles. The van der Waals surface area contributed by atoms with E-state index >= 15 is 0 Å². The molecule has 0 bridgehead atoms. The molecule has 0 saturated heterocycles. The Hall–Kier alpha value is -1.82. The molecule has 0 aliphatic heterocycles. The second-order valence-electron chi connectivity index (χ2n) is 12.8. The quantitative estimate of drug-likeness (QED) is 0.510. The summed E-state index contributed by atoms with van der Waals surface area (Å²) in [6.45, 7) is 8.35. The highest BCUT2D eigenvalue weighted by Gasteiger charge is 2.58. The first-order valence-electron chi connectivity index (χ1n) is 14.2. The first kappa shape index (κ1) is 23.9. The van der Waals surface area contributed by atoms with Gasteiger partial charge in [0.1, 0.15) is 0 Å². The molecule has 4 fully saturated rings. The number of rotatable bonds is 4. The molecule has 1 aromatic rings. The van der Waals surface area contributed by atoms with Crippen molar-refractivity contribution >= 4 is 5.91 Å². The zero-order chi connectivity index (χ0) is 23.9. The number of benzene rings is 1. The number of nitrogens with zero attached hydrogens (tertiary/aromatic N) is 1. The van der Waals surface area contributed by atoms with Gasteiger partial charge >= 0.3 is 0 Å². The molecule has 1 N–H and O–H groups in total. The fourth-order valence-corrected chi connectivity index (χ4v) is 9.78. The van der Waals surface area contributed by atoms with Crippen LogP contribution >= 0.6 is 0 Å². The van der Waals surface area contributed by atoms with Crippen molar-refractivity contribution in [1.82, 2.24) is 5.32 Å². The molecule has 0 radical (unpaired) electrons. The highest BCUT2D eigenvalue weighted by Crippen LogP contribution is 2.66. The topological polar surface area (TPSA) is 52.9 Å². The Labute approximate surface area is 207 Å². The summed E-state index contributed by atoms with van der Waals surface area (Å²) in [5.74, 6) is 5.19. The lowest BCUT2D eigenvalue weighted by Gasteiger charge is -2.63. The highest BCUT2D eigenvalue weighted by atomic mass is 16.1. The first-order chi connectivity index (χ1) is 16.4. The summed E-state index contributed by atoms with van der Waals surface area (Å²) in [4.78, 5) is 12.9. The number of hydrogen-bond acceptors (Lipinski definition) is 2. The summed E-state index contributed by atoms with van der Waals surface area (Å²) in [6.07, 6.45) is 15.3. The predicted octanol–water partition coefficient (Wildman–Crippen LogP) is 7.36. The van der Waals surface area contributed by atoms with Crippen LogP contribution in [0.4, 0.5) is 0 Å². The molecule has 3 nitrogen and oxygen atoms in total. The maximum absolute atomic E-state index is 12.9. The minimum absolute atomic E-state index is 0.0105. The molecule has 0 aromatic heterocycles. The highest BCUT2D eigenvalue weighted by molar-refractivity contribution is 5.94. The van der Waals surface area contributed by atoms with Gasteiger partial charge in [0.05, 0.1) is 11.6 Å². The third kappa shape index (κ3) is 4.00. The smallest absolute Gasteiger partial charge is 0.251 e. The van der Waals surface area contributed by atoms with Gasteiger partial charge in [0.25, 0.3) is 5.91 Å². The summed E-state index contributed by atoms with van der Waals surface area (Å²) in [5.41, 5.74) is 2.27. The third-order valence-electron chi connectivity index (χ3n) is 11.3. The van der Waals surface area contributed by atoms with Crippen molar-refractivity contribution in [2.24, 2.45) is 46.3 Å². The fourth-order valence-electron chi connectivity index (χ4n) is 9.78. The van der Waals surface area contributed by atoms with Gasteiger partial charge in [-0.2, -0.15) is 5.26 Å². The molecule has 3 heteroatoms. The Morgan fingerprint density at radius 1 is 1.03 bits per heavy atom. The zero-order valence-electron chi connectivity index (χ0n) is 21.6. The second-order valence-corrected chi connectivity index (χ2v) is 12.8. The molecular weight excluding hydrogens is 416 g/mol. The molecule has 0 spiro atoms. The van der Waals surface area contributed by atoms with Crippen LogP contribution in [0.25, 0.3) is 0 Å². The van der Waals surface area contributed by atoms with Gasteiger partial charge in [0.2, 0.25) is 0 Å². The Balaban J connectivity index is 1.30. The zero-order valence-corrected chi connectivity index (χ0v) is 21.6. The average molecular weight is 461 g/mol. The Morgan fingerprint density at radius 2 is 1.76 bits per heavy atom. The van der Waals surface area contributed by atoms with Crippen LogP contribution < -0.4 is 5.32 Å². The van der Waals surface area contributed by atoms with Crippen molar-refractivity contribution in [3.63, 3.8) is 0 Å². The number of amides is 1. The number of fused-ring (bicyclic) bond motifs is 5. The minimum atomic E-state index is 0.0105. The van der Waals surface area contributed by atoms with Gasteiger partial charge in [-0.25, -0.2) is 0 Å². The summed E-state index contributed by atoms with van der Waals surface area (Å²) in [6, 6.07) is 9.17. The first-order valence-corrected chi connectivity index (χ1v) is 14.2. The van der Waals surface area contributed by atoms with Gasteiger partial charge in [-0.3, -0.25) is 4.79 Å². The maximum atomic E-state index is 12.9. The monoisotopic (exact) mass is 460 g/mol. The van der Waals surface area contributed by atoms with Crippen molar-refractivity contribution in [1.29, 1.82) is 5.26 Å². The van der Waals surface area contributed by atoms with Gasteiger partial charge in [-0.15, -0.1) is 0 Å². The van der Waals surface area contributed by atoms with Gasteiger partial charge in [-0.05, 0) is 128 Å². The predicted molar refractivity (Wildman–Crippen MR) is 137 cm³/mol. The van der Waals surface area contributed by atoms with Crippen LogP contribution in [0.5, 0.6) is 0 Å². The largest absolute Gasteiger partial charge is 0.352 e. The van der Waals surface area contributed by atoms with Crippen molar-refractivity contribution in [3.05, 3.63) is 35.4 Å². The summed E-state index contributed by atoms with van der Waals surface area (Å²) in [5, 5.41) is 12.3. The van der Waals surface area contributed by atoms with E-state index in [2.05, 4.69) is 32.2 Å². The lowest BCUT2D eigenvalue weighted by molar-refractivity contribution is -0.140.